The Kier molecular flexibility index (Phi) is 7.59. The molecule has 2 aromatic carbocycles. The standard InChI is InChI=1S/C21H28ClIN2/c1-15(2)24(16(3)4)12-13-25(20-9-6-18(22)7-10-20)21-11-8-19(23)14-17(21)5/h6-11,14-16H,12-13H2,1-5H3. The van der Waals surface area contributed by atoms with Crippen LogP contribution in [0.5, 0.6) is 0 Å². The third-order valence-electron chi connectivity index (χ3n) is 4.50. The Hall–Kier alpha value is -0.780. The van der Waals surface area contributed by atoms with Gasteiger partial charge >= 0.3 is 0 Å². The van der Waals surface area contributed by atoms with Gasteiger partial charge in [-0.25, -0.2) is 0 Å². The Morgan fingerprint density at radius 3 is 2.04 bits per heavy atom. The van der Waals surface area contributed by atoms with Crippen molar-refractivity contribution in [3.05, 3.63) is 56.6 Å². The van der Waals surface area contributed by atoms with Gasteiger partial charge in [0.05, 0.1) is 0 Å². The van der Waals surface area contributed by atoms with Gasteiger partial charge in [-0.3, -0.25) is 4.90 Å². The van der Waals surface area contributed by atoms with E-state index in [1.54, 1.807) is 0 Å². The third-order valence-corrected chi connectivity index (χ3v) is 5.42. The first kappa shape index (κ1) is 20.5. The predicted molar refractivity (Wildman–Crippen MR) is 119 cm³/mol. The smallest absolute Gasteiger partial charge is 0.0441 e. The summed E-state index contributed by atoms with van der Waals surface area (Å²) in [5, 5.41) is 0.772. The Morgan fingerprint density at radius 2 is 1.52 bits per heavy atom. The van der Waals surface area contributed by atoms with Gasteiger partial charge in [-0.05, 0) is 105 Å². The Labute approximate surface area is 171 Å². The molecule has 0 amide bonds. The van der Waals surface area contributed by atoms with E-state index in [0.29, 0.717) is 12.1 Å². The van der Waals surface area contributed by atoms with E-state index < -0.39 is 0 Å². The van der Waals surface area contributed by atoms with Gasteiger partial charge in [-0.2, -0.15) is 0 Å². The van der Waals surface area contributed by atoms with Crippen LogP contribution < -0.4 is 4.90 Å². The maximum absolute atomic E-state index is 6.10. The van der Waals surface area contributed by atoms with Crippen LogP contribution in [0.2, 0.25) is 5.02 Å². The van der Waals surface area contributed by atoms with Crippen LogP contribution in [-0.4, -0.2) is 30.1 Å². The van der Waals surface area contributed by atoms with Gasteiger partial charge in [0.1, 0.15) is 0 Å². The van der Waals surface area contributed by atoms with Crippen molar-refractivity contribution in [3.8, 4) is 0 Å². The summed E-state index contributed by atoms with van der Waals surface area (Å²) in [5.41, 5.74) is 3.74. The average molecular weight is 471 g/mol. The van der Waals surface area contributed by atoms with Gasteiger partial charge in [-0.15, -0.1) is 0 Å². The first-order valence-electron chi connectivity index (χ1n) is 8.84. The topological polar surface area (TPSA) is 6.48 Å². The minimum Gasteiger partial charge on any atom is -0.340 e. The molecule has 0 fully saturated rings. The second-order valence-electron chi connectivity index (χ2n) is 6.98. The van der Waals surface area contributed by atoms with Crippen LogP contribution in [0.3, 0.4) is 0 Å². The summed E-state index contributed by atoms with van der Waals surface area (Å²) in [7, 11) is 0. The molecule has 0 spiro atoms. The predicted octanol–water partition coefficient (Wildman–Crippen LogP) is 6.51. The summed E-state index contributed by atoms with van der Waals surface area (Å²) in [6.45, 7) is 13.2. The second-order valence-corrected chi connectivity index (χ2v) is 8.67. The molecule has 0 N–H and O–H groups in total. The first-order chi connectivity index (χ1) is 11.8. The van der Waals surface area contributed by atoms with E-state index in [4.69, 9.17) is 11.6 Å². The molecule has 2 rings (SSSR count). The highest BCUT2D eigenvalue weighted by atomic mass is 127. The summed E-state index contributed by atoms with van der Waals surface area (Å²) >= 11 is 8.47. The van der Waals surface area contributed by atoms with E-state index in [1.165, 1.54) is 20.5 Å². The van der Waals surface area contributed by atoms with E-state index in [1.807, 2.05) is 12.1 Å². The molecule has 2 nitrogen and oxygen atoms in total. The van der Waals surface area contributed by atoms with Gasteiger partial charge in [0, 0.05) is 45.1 Å². The van der Waals surface area contributed by atoms with Crippen molar-refractivity contribution in [2.24, 2.45) is 0 Å². The van der Waals surface area contributed by atoms with Crippen LogP contribution in [0.1, 0.15) is 33.3 Å². The lowest BCUT2D eigenvalue weighted by Gasteiger charge is -2.34. The minimum absolute atomic E-state index is 0.532. The lowest BCUT2D eigenvalue weighted by atomic mass is 10.1. The molecule has 0 atom stereocenters. The highest BCUT2D eigenvalue weighted by Crippen LogP contribution is 2.30. The molecule has 2 aromatic rings. The summed E-state index contributed by atoms with van der Waals surface area (Å²) in [4.78, 5) is 4.93. The number of benzene rings is 2. The fourth-order valence-corrected chi connectivity index (χ4v) is 4.03. The Bertz CT molecular complexity index is 675. The van der Waals surface area contributed by atoms with E-state index in [2.05, 4.69) is 97.3 Å². The molecule has 0 unspecified atom stereocenters. The molecule has 4 heteroatoms. The van der Waals surface area contributed by atoms with E-state index in [9.17, 15) is 0 Å². The van der Waals surface area contributed by atoms with Gasteiger partial charge in [0.2, 0.25) is 0 Å². The fourth-order valence-electron chi connectivity index (χ4n) is 3.26. The molecule has 0 heterocycles. The number of anilines is 2. The quantitative estimate of drug-likeness (QED) is 0.426. The summed E-state index contributed by atoms with van der Waals surface area (Å²) in [5.74, 6) is 0. The van der Waals surface area contributed by atoms with Crippen molar-refractivity contribution in [3.63, 3.8) is 0 Å². The van der Waals surface area contributed by atoms with Crippen molar-refractivity contribution in [2.75, 3.05) is 18.0 Å². The number of nitrogens with zero attached hydrogens (tertiary/aromatic N) is 2. The number of hydrogen-bond acceptors (Lipinski definition) is 2. The number of hydrogen-bond donors (Lipinski definition) is 0. The third kappa shape index (κ3) is 5.60. The maximum atomic E-state index is 6.10. The Balaban J connectivity index is 2.33. The number of aryl methyl sites for hydroxylation is 1. The first-order valence-corrected chi connectivity index (χ1v) is 10.3. The van der Waals surface area contributed by atoms with Gasteiger partial charge in [-0.1, -0.05) is 11.6 Å². The zero-order valence-electron chi connectivity index (χ0n) is 15.8. The largest absolute Gasteiger partial charge is 0.340 e. The highest BCUT2D eigenvalue weighted by molar-refractivity contribution is 14.1. The molecular weight excluding hydrogens is 443 g/mol. The number of halogens is 2. The van der Waals surface area contributed by atoms with Crippen LogP contribution in [-0.2, 0) is 0 Å². The lowest BCUT2D eigenvalue weighted by Crippen LogP contribution is -2.41. The Morgan fingerprint density at radius 1 is 0.920 bits per heavy atom. The van der Waals surface area contributed by atoms with E-state index in [-0.39, 0.29) is 0 Å². The summed E-state index contributed by atoms with van der Waals surface area (Å²) in [6.07, 6.45) is 0. The van der Waals surface area contributed by atoms with Crippen LogP contribution in [0.4, 0.5) is 11.4 Å². The van der Waals surface area contributed by atoms with Crippen LogP contribution in [0.25, 0.3) is 0 Å². The highest BCUT2D eigenvalue weighted by Gasteiger charge is 2.17. The molecule has 25 heavy (non-hydrogen) atoms. The molecule has 0 bridgehead atoms. The van der Waals surface area contributed by atoms with Gasteiger partial charge in [0.25, 0.3) is 0 Å². The zero-order chi connectivity index (χ0) is 18.6. The molecule has 0 aromatic heterocycles. The van der Waals surface area contributed by atoms with Crippen molar-refractivity contribution >= 4 is 45.6 Å². The maximum Gasteiger partial charge on any atom is 0.0441 e. The van der Waals surface area contributed by atoms with Crippen molar-refractivity contribution < 1.29 is 0 Å². The van der Waals surface area contributed by atoms with Gasteiger partial charge < -0.3 is 4.90 Å². The average Bonchev–Trinajstić information content (AvgIpc) is 2.53. The van der Waals surface area contributed by atoms with E-state index >= 15 is 0 Å². The zero-order valence-corrected chi connectivity index (χ0v) is 18.7. The molecule has 0 saturated heterocycles. The molecule has 0 aliphatic heterocycles. The van der Waals surface area contributed by atoms with Gasteiger partial charge in [0.15, 0.2) is 0 Å². The lowest BCUT2D eigenvalue weighted by molar-refractivity contribution is 0.180. The molecule has 0 saturated carbocycles. The molecule has 0 aliphatic rings. The van der Waals surface area contributed by atoms with Crippen molar-refractivity contribution in [1.29, 1.82) is 0 Å². The summed E-state index contributed by atoms with van der Waals surface area (Å²) < 4.78 is 1.26. The number of rotatable bonds is 7. The molecule has 136 valence electrons. The SMILES string of the molecule is Cc1cc(I)ccc1N(CCN(C(C)C)C(C)C)c1ccc(Cl)cc1. The minimum atomic E-state index is 0.532. The normalized spacial score (nSPS) is 11.6. The van der Waals surface area contributed by atoms with E-state index in [0.717, 1.165) is 18.1 Å². The van der Waals surface area contributed by atoms with Crippen molar-refractivity contribution in [2.45, 2.75) is 46.7 Å². The van der Waals surface area contributed by atoms with Crippen molar-refractivity contribution in [1.82, 2.24) is 4.90 Å². The monoisotopic (exact) mass is 470 g/mol. The van der Waals surface area contributed by atoms with Crippen LogP contribution >= 0.6 is 34.2 Å². The fraction of sp³-hybridized carbons (Fsp3) is 0.429. The second kappa shape index (κ2) is 9.24. The summed E-state index contributed by atoms with van der Waals surface area (Å²) in [6, 6.07) is 15.8. The molecular formula is C21H28ClIN2. The molecule has 0 radical (unpaired) electrons. The van der Waals surface area contributed by atoms with Crippen LogP contribution in [0.15, 0.2) is 42.5 Å². The van der Waals surface area contributed by atoms with Crippen LogP contribution in [0, 0.1) is 10.5 Å². The molecule has 0 aliphatic carbocycles.